The lowest BCUT2D eigenvalue weighted by Crippen LogP contribution is -2.36. The quantitative estimate of drug-likeness (QED) is 0.758. The number of nitrogens with zero attached hydrogens (tertiary/aromatic N) is 1. The monoisotopic (exact) mass is 358 g/mol. The van der Waals surface area contributed by atoms with Crippen LogP contribution >= 0.6 is 0 Å². The Morgan fingerprint density at radius 3 is 2.83 bits per heavy atom. The number of aliphatic carboxylic acids is 1. The van der Waals surface area contributed by atoms with Crippen LogP contribution in [-0.2, 0) is 22.6 Å². The third kappa shape index (κ3) is 3.85. The number of hydrogen-bond acceptors (Lipinski definition) is 5. The third-order valence-corrected chi connectivity index (χ3v) is 4.72. The van der Waals surface area contributed by atoms with Crippen LogP contribution in [0.3, 0.4) is 0 Å². The van der Waals surface area contributed by atoms with E-state index in [2.05, 4.69) is 9.71 Å². The van der Waals surface area contributed by atoms with Crippen molar-refractivity contribution in [3.63, 3.8) is 0 Å². The first-order valence-corrected chi connectivity index (χ1v) is 8.25. The van der Waals surface area contributed by atoms with Crippen molar-refractivity contribution in [2.45, 2.75) is 24.8 Å². The minimum atomic E-state index is -2.06. The summed E-state index contributed by atoms with van der Waals surface area (Å²) in [4.78, 5) is 15.0. The van der Waals surface area contributed by atoms with Gasteiger partial charge in [0.1, 0.15) is 11.5 Å². The molecule has 0 amide bonds. The Hall–Kier alpha value is -2.13. The summed E-state index contributed by atoms with van der Waals surface area (Å²) >= 11 is -2.06. The van der Waals surface area contributed by atoms with Crippen molar-refractivity contribution in [2.24, 2.45) is 0 Å². The summed E-state index contributed by atoms with van der Waals surface area (Å²) in [5.74, 6) is -2.57. The van der Waals surface area contributed by atoms with Gasteiger partial charge in [-0.05, 0) is 30.2 Å². The van der Waals surface area contributed by atoms with Gasteiger partial charge in [-0.15, -0.1) is 0 Å². The van der Waals surface area contributed by atoms with Crippen LogP contribution in [0.5, 0.6) is 5.88 Å². The van der Waals surface area contributed by atoms with E-state index in [-0.39, 0.29) is 11.6 Å². The number of rotatable bonds is 6. The molecule has 9 heteroatoms. The topological polar surface area (TPSA) is 94.5 Å². The van der Waals surface area contributed by atoms with Crippen molar-refractivity contribution in [3.05, 3.63) is 41.4 Å². The van der Waals surface area contributed by atoms with Gasteiger partial charge in [0.15, 0.2) is 11.4 Å². The van der Waals surface area contributed by atoms with Crippen LogP contribution in [0.2, 0.25) is 0 Å². The number of anilines is 1. The second-order valence-corrected chi connectivity index (χ2v) is 6.31. The maximum Gasteiger partial charge on any atom is 0.338 e. The first kappa shape index (κ1) is 18.2. The van der Waals surface area contributed by atoms with Gasteiger partial charge < -0.3 is 14.4 Å². The molecule has 1 aromatic rings. The number of pyridine rings is 1. The van der Waals surface area contributed by atoms with Crippen molar-refractivity contribution in [3.8, 4) is 5.88 Å². The molecule has 2 rings (SSSR count). The summed E-state index contributed by atoms with van der Waals surface area (Å²) in [7, 11) is 1.38. The summed E-state index contributed by atoms with van der Waals surface area (Å²) in [5, 5.41) is 7.56. The maximum atomic E-state index is 14.0. The van der Waals surface area contributed by atoms with E-state index in [1.54, 1.807) is 12.3 Å². The number of carboxylic acids is 1. The Morgan fingerprint density at radius 2 is 2.25 bits per heavy atom. The molecule has 0 aliphatic heterocycles. The molecule has 3 unspecified atom stereocenters. The zero-order chi connectivity index (χ0) is 17.9. The zero-order valence-corrected chi connectivity index (χ0v) is 13.8. The number of halogens is 2. The highest BCUT2D eigenvalue weighted by Crippen LogP contribution is 2.30. The minimum absolute atomic E-state index is 0.163. The Labute approximate surface area is 140 Å². The van der Waals surface area contributed by atoms with Crippen LogP contribution < -0.4 is 9.46 Å². The molecular weight excluding hydrogens is 342 g/mol. The van der Waals surface area contributed by atoms with Gasteiger partial charge in [-0.3, -0.25) is 0 Å². The molecule has 0 aromatic carbocycles. The largest absolute Gasteiger partial charge is 0.593 e. The molecule has 0 spiro atoms. The molecular formula is C15H16F2N2O4S. The van der Waals surface area contributed by atoms with Gasteiger partial charge in [0.25, 0.3) is 0 Å². The Bertz CT molecular complexity index is 696. The molecule has 1 aliphatic carbocycles. The van der Waals surface area contributed by atoms with Gasteiger partial charge in [0.05, 0.1) is 24.0 Å². The number of aromatic nitrogens is 1. The number of hydrogen-bond donors (Lipinski definition) is 2. The van der Waals surface area contributed by atoms with E-state index >= 15 is 0 Å². The summed E-state index contributed by atoms with van der Waals surface area (Å²) < 4.78 is 47.5. The van der Waals surface area contributed by atoms with Crippen molar-refractivity contribution in [1.29, 1.82) is 0 Å². The van der Waals surface area contributed by atoms with Crippen molar-refractivity contribution >= 4 is 23.0 Å². The number of carbonyl (C=O) groups is 1. The highest BCUT2D eigenvalue weighted by atomic mass is 32.2. The van der Waals surface area contributed by atoms with Gasteiger partial charge in [0.2, 0.25) is 5.88 Å². The summed E-state index contributed by atoms with van der Waals surface area (Å²) in [6.45, 7) is 1.90. The number of allylic oxidation sites excluding steroid dienone is 1. The molecule has 6 nitrogen and oxygen atoms in total. The molecule has 1 aromatic heterocycles. The lowest BCUT2D eigenvalue weighted by Gasteiger charge is -2.24. The molecule has 0 bridgehead atoms. The predicted molar refractivity (Wildman–Crippen MR) is 85.5 cm³/mol. The number of ether oxygens (including phenoxy) is 1. The first-order valence-electron chi connectivity index (χ1n) is 7.04. The number of alkyl halides is 1. The van der Waals surface area contributed by atoms with Crippen LogP contribution in [0.1, 0.15) is 12.5 Å². The van der Waals surface area contributed by atoms with E-state index in [4.69, 9.17) is 9.84 Å². The number of nitrogens with one attached hydrogen (secondary N) is 1. The second kappa shape index (κ2) is 7.63. The molecule has 24 heavy (non-hydrogen) atoms. The number of aryl methyl sites for hydroxylation is 1. The fourth-order valence-electron chi connectivity index (χ4n) is 2.11. The molecule has 1 aliphatic rings. The normalized spacial score (nSPS) is 21.5. The van der Waals surface area contributed by atoms with Gasteiger partial charge >= 0.3 is 5.97 Å². The second-order valence-electron chi connectivity index (χ2n) is 4.96. The van der Waals surface area contributed by atoms with Crippen molar-refractivity contribution in [2.75, 3.05) is 11.8 Å². The molecule has 0 radical (unpaired) electrons. The van der Waals surface area contributed by atoms with Crippen LogP contribution in [0.15, 0.2) is 35.8 Å². The van der Waals surface area contributed by atoms with E-state index in [1.165, 1.54) is 7.11 Å². The van der Waals surface area contributed by atoms with Crippen molar-refractivity contribution < 1.29 is 28.0 Å². The summed E-state index contributed by atoms with van der Waals surface area (Å²) in [6.07, 6.45) is 1.66. The SMILES string of the molecule is CCc1cnc(OC)c(N[S+]([O-])C2C=C(C(=O)O)C(F)=CC2F)c1. The molecule has 1 heterocycles. The van der Waals surface area contributed by atoms with E-state index in [0.717, 1.165) is 11.6 Å². The van der Waals surface area contributed by atoms with E-state index in [9.17, 15) is 18.1 Å². The van der Waals surface area contributed by atoms with Crippen molar-refractivity contribution in [1.82, 2.24) is 4.98 Å². The highest BCUT2D eigenvalue weighted by molar-refractivity contribution is 7.93. The third-order valence-electron chi connectivity index (χ3n) is 3.41. The standard InChI is InChI=1S/C15H16F2N2O4S/c1-3-8-4-12(14(23-2)18-7-8)19-24(22)13-5-9(15(20)21)10(16)6-11(13)17/h4-7,11,13,19H,3H2,1-2H3,(H,20,21). The summed E-state index contributed by atoms with van der Waals surface area (Å²) in [5.41, 5.74) is 0.405. The summed E-state index contributed by atoms with van der Waals surface area (Å²) in [6, 6.07) is 1.65. The molecule has 130 valence electrons. The lowest BCUT2D eigenvalue weighted by molar-refractivity contribution is -0.132. The van der Waals surface area contributed by atoms with E-state index < -0.39 is 40.2 Å². The van der Waals surface area contributed by atoms with Gasteiger partial charge in [-0.2, -0.15) is 0 Å². The van der Waals surface area contributed by atoms with Gasteiger partial charge in [0, 0.05) is 6.20 Å². The Kier molecular flexibility index (Phi) is 5.79. The fraction of sp³-hybridized carbons (Fsp3) is 0.333. The average molecular weight is 358 g/mol. The van der Waals surface area contributed by atoms with Crippen LogP contribution in [-0.4, -0.2) is 39.1 Å². The molecule has 2 N–H and O–H groups in total. The molecule has 0 saturated heterocycles. The van der Waals surface area contributed by atoms with Crippen LogP contribution in [0, 0.1) is 0 Å². The van der Waals surface area contributed by atoms with Gasteiger partial charge in [-0.25, -0.2) is 23.3 Å². The van der Waals surface area contributed by atoms with Crippen LogP contribution in [0.25, 0.3) is 0 Å². The fourth-order valence-corrected chi connectivity index (χ4v) is 3.19. The minimum Gasteiger partial charge on any atom is -0.593 e. The van der Waals surface area contributed by atoms with E-state index in [1.807, 2.05) is 6.92 Å². The predicted octanol–water partition coefficient (Wildman–Crippen LogP) is 2.31. The smallest absolute Gasteiger partial charge is 0.338 e. The maximum absolute atomic E-state index is 14.0. The molecule has 3 atom stereocenters. The van der Waals surface area contributed by atoms with Crippen LogP contribution in [0.4, 0.5) is 14.5 Å². The molecule has 0 saturated carbocycles. The average Bonchev–Trinajstić information content (AvgIpc) is 2.54. The Morgan fingerprint density at radius 1 is 1.54 bits per heavy atom. The van der Waals surface area contributed by atoms with Gasteiger partial charge in [-0.1, -0.05) is 6.92 Å². The number of methoxy groups -OCH3 is 1. The Balaban J connectivity index is 2.26. The lowest BCUT2D eigenvalue weighted by atomic mass is 10.0. The zero-order valence-electron chi connectivity index (χ0n) is 13.0. The molecule has 0 fully saturated rings. The first-order chi connectivity index (χ1) is 11.4. The number of carboxylic acid groups (broad SMARTS) is 1. The highest BCUT2D eigenvalue weighted by Gasteiger charge is 2.37. The van der Waals surface area contributed by atoms with E-state index in [0.29, 0.717) is 12.5 Å².